The summed E-state index contributed by atoms with van der Waals surface area (Å²) in [5, 5.41) is 3.30. The number of ketones is 1. The minimum Gasteiger partial charge on any atom is -0.406 e. The second kappa shape index (κ2) is 7.17. The number of Topliss-reactive ketones (excluding diaryl/α,β-unsaturated/α-hetero) is 1. The van der Waals surface area contributed by atoms with Gasteiger partial charge in [-0.3, -0.25) is 4.79 Å². The van der Waals surface area contributed by atoms with Gasteiger partial charge in [-0.25, -0.2) is 0 Å². The first-order chi connectivity index (χ1) is 11.9. The van der Waals surface area contributed by atoms with Crippen LogP contribution in [-0.4, -0.2) is 12.1 Å². The summed E-state index contributed by atoms with van der Waals surface area (Å²) in [4.78, 5) is 12.2. The van der Waals surface area contributed by atoms with Crippen LogP contribution >= 0.6 is 0 Å². The normalized spacial score (nSPS) is 18.8. The predicted octanol–water partition coefficient (Wildman–Crippen LogP) is 5.11. The molecule has 1 N–H and O–H groups in total. The highest BCUT2D eigenvalue weighted by Gasteiger charge is 2.33. The zero-order chi connectivity index (χ0) is 17.9. The molecule has 2 aromatic rings. The number of alkyl halides is 3. The summed E-state index contributed by atoms with van der Waals surface area (Å²) in [6, 6.07) is 15.0. The van der Waals surface area contributed by atoms with Crippen LogP contribution in [0.4, 0.5) is 18.9 Å². The zero-order valence-electron chi connectivity index (χ0n) is 13.4. The van der Waals surface area contributed by atoms with Crippen LogP contribution in [0.15, 0.2) is 54.6 Å². The number of carbonyl (C=O) groups excluding carboxylic acids is 1. The van der Waals surface area contributed by atoms with E-state index in [1.165, 1.54) is 24.3 Å². The number of ether oxygens (including phenoxy) is 1. The predicted molar refractivity (Wildman–Crippen MR) is 88.3 cm³/mol. The Kier molecular flexibility index (Phi) is 4.97. The van der Waals surface area contributed by atoms with Crippen LogP contribution in [0.1, 0.15) is 30.9 Å². The van der Waals surface area contributed by atoms with Crippen molar-refractivity contribution in [1.82, 2.24) is 0 Å². The van der Waals surface area contributed by atoms with Gasteiger partial charge in [-0.05, 0) is 42.7 Å². The molecule has 2 unspecified atom stereocenters. The Morgan fingerprint density at radius 3 is 2.28 bits per heavy atom. The van der Waals surface area contributed by atoms with E-state index >= 15 is 0 Å². The topological polar surface area (TPSA) is 38.3 Å². The number of hydrogen-bond donors (Lipinski definition) is 1. The van der Waals surface area contributed by atoms with E-state index in [1.54, 1.807) is 0 Å². The summed E-state index contributed by atoms with van der Waals surface area (Å²) in [6.45, 7) is 0. The lowest BCUT2D eigenvalue weighted by Gasteiger charge is -2.25. The molecule has 0 saturated heterocycles. The molecular weight excluding hydrogens is 331 g/mol. The van der Waals surface area contributed by atoms with E-state index in [4.69, 9.17) is 0 Å². The number of rotatable bonds is 5. The summed E-state index contributed by atoms with van der Waals surface area (Å²) >= 11 is 0. The van der Waals surface area contributed by atoms with Crippen LogP contribution < -0.4 is 10.1 Å². The Morgan fingerprint density at radius 1 is 1.04 bits per heavy atom. The molecule has 6 heteroatoms. The third kappa shape index (κ3) is 4.53. The van der Waals surface area contributed by atoms with Crippen LogP contribution in [0.2, 0.25) is 0 Å². The second-order valence-electron chi connectivity index (χ2n) is 6.07. The van der Waals surface area contributed by atoms with Crippen molar-refractivity contribution in [2.75, 3.05) is 5.32 Å². The molecule has 2 atom stereocenters. The van der Waals surface area contributed by atoms with E-state index in [9.17, 15) is 18.0 Å². The molecule has 132 valence electrons. The van der Waals surface area contributed by atoms with Gasteiger partial charge < -0.3 is 10.1 Å². The molecule has 0 spiro atoms. The first kappa shape index (κ1) is 17.3. The van der Waals surface area contributed by atoms with Crippen molar-refractivity contribution in [3.63, 3.8) is 0 Å². The average molecular weight is 349 g/mol. The molecule has 0 radical (unpaired) electrons. The first-order valence-electron chi connectivity index (χ1n) is 8.12. The summed E-state index contributed by atoms with van der Waals surface area (Å²) < 4.78 is 40.6. The van der Waals surface area contributed by atoms with Gasteiger partial charge in [0.05, 0.1) is 6.04 Å². The second-order valence-corrected chi connectivity index (χ2v) is 6.07. The molecule has 25 heavy (non-hydrogen) atoms. The standard InChI is InChI=1S/C19H18F3NO2/c20-19(21,22)25-15-11-9-14(10-12-15)23-18(13-5-2-1-3-6-13)16-7-4-8-17(16)24/h1-3,5-6,9-12,16,18,23H,4,7-8H2. The van der Waals surface area contributed by atoms with Crippen LogP contribution in [0.3, 0.4) is 0 Å². The van der Waals surface area contributed by atoms with Gasteiger partial charge in [0.1, 0.15) is 11.5 Å². The lowest BCUT2D eigenvalue weighted by Crippen LogP contribution is -2.24. The maximum absolute atomic E-state index is 12.2. The Hall–Kier alpha value is -2.50. The van der Waals surface area contributed by atoms with Gasteiger partial charge in [0.25, 0.3) is 0 Å². The highest BCUT2D eigenvalue weighted by atomic mass is 19.4. The monoisotopic (exact) mass is 349 g/mol. The van der Waals surface area contributed by atoms with Crippen molar-refractivity contribution in [3.05, 3.63) is 60.2 Å². The number of benzene rings is 2. The molecule has 0 amide bonds. The molecule has 1 fully saturated rings. The van der Waals surface area contributed by atoms with Crippen molar-refractivity contribution in [2.24, 2.45) is 5.92 Å². The van der Waals surface area contributed by atoms with Crippen LogP contribution in [0.5, 0.6) is 5.75 Å². The van der Waals surface area contributed by atoms with Crippen LogP contribution in [0, 0.1) is 5.92 Å². The molecule has 0 bridgehead atoms. The smallest absolute Gasteiger partial charge is 0.406 e. The Balaban J connectivity index is 1.79. The molecule has 1 saturated carbocycles. The molecule has 0 heterocycles. The number of anilines is 1. The van der Waals surface area contributed by atoms with E-state index < -0.39 is 6.36 Å². The van der Waals surface area contributed by atoms with Crippen molar-refractivity contribution < 1.29 is 22.7 Å². The molecule has 1 aliphatic rings. The summed E-state index contributed by atoms with van der Waals surface area (Å²) in [7, 11) is 0. The summed E-state index contributed by atoms with van der Waals surface area (Å²) in [6.07, 6.45) is -2.46. The molecule has 0 aliphatic heterocycles. The molecular formula is C19H18F3NO2. The maximum atomic E-state index is 12.2. The fourth-order valence-electron chi connectivity index (χ4n) is 3.20. The number of halogens is 3. The molecule has 1 aliphatic carbocycles. The Bertz CT molecular complexity index is 714. The third-order valence-electron chi connectivity index (χ3n) is 4.32. The maximum Gasteiger partial charge on any atom is 0.573 e. The highest BCUT2D eigenvalue weighted by molar-refractivity contribution is 5.84. The SMILES string of the molecule is O=C1CCCC1C(Nc1ccc(OC(F)(F)F)cc1)c1ccccc1. The molecule has 3 rings (SSSR count). The van der Waals surface area contributed by atoms with Gasteiger partial charge in [0.2, 0.25) is 0 Å². The minimum absolute atomic E-state index is 0.131. The quantitative estimate of drug-likeness (QED) is 0.815. The van der Waals surface area contributed by atoms with Gasteiger partial charge in [0, 0.05) is 18.0 Å². The van der Waals surface area contributed by atoms with Crippen molar-refractivity contribution in [3.8, 4) is 5.75 Å². The molecule has 0 aromatic heterocycles. The molecule has 3 nitrogen and oxygen atoms in total. The van der Waals surface area contributed by atoms with Crippen molar-refractivity contribution >= 4 is 11.5 Å². The van der Waals surface area contributed by atoms with Gasteiger partial charge >= 0.3 is 6.36 Å². The van der Waals surface area contributed by atoms with Crippen molar-refractivity contribution in [1.29, 1.82) is 0 Å². The fraction of sp³-hybridized carbons (Fsp3) is 0.316. The zero-order valence-corrected chi connectivity index (χ0v) is 13.4. The highest BCUT2D eigenvalue weighted by Crippen LogP contribution is 2.36. The number of nitrogens with one attached hydrogen (secondary N) is 1. The van der Waals surface area contributed by atoms with Crippen molar-refractivity contribution in [2.45, 2.75) is 31.7 Å². The lowest BCUT2D eigenvalue weighted by molar-refractivity contribution is -0.274. The largest absolute Gasteiger partial charge is 0.573 e. The number of carbonyl (C=O) groups is 1. The Labute approximate surface area is 143 Å². The first-order valence-corrected chi connectivity index (χ1v) is 8.12. The van der Waals surface area contributed by atoms with E-state index in [2.05, 4.69) is 10.1 Å². The summed E-state index contributed by atoms with van der Waals surface area (Å²) in [5.41, 5.74) is 1.63. The van der Waals surface area contributed by atoms with E-state index in [1.807, 2.05) is 30.3 Å². The molecule has 2 aromatic carbocycles. The van der Waals surface area contributed by atoms with Gasteiger partial charge in [-0.15, -0.1) is 13.2 Å². The van der Waals surface area contributed by atoms with E-state index in [0.717, 1.165) is 18.4 Å². The summed E-state index contributed by atoms with van der Waals surface area (Å²) in [5.74, 6) is -0.182. The Morgan fingerprint density at radius 2 is 1.72 bits per heavy atom. The van der Waals surface area contributed by atoms with E-state index in [-0.39, 0.29) is 23.5 Å². The average Bonchev–Trinajstić information content (AvgIpc) is 2.99. The van der Waals surface area contributed by atoms with Crippen LogP contribution in [0.25, 0.3) is 0 Å². The fourth-order valence-corrected chi connectivity index (χ4v) is 3.20. The van der Waals surface area contributed by atoms with Gasteiger partial charge in [-0.1, -0.05) is 30.3 Å². The van der Waals surface area contributed by atoms with Gasteiger partial charge in [-0.2, -0.15) is 0 Å². The number of hydrogen-bond acceptors (Lipinski definition) is 3. The van der Waals surface area contributed by atoms with E-state index in [0.29, 0.717) is 12.1 Å². The lowest BCUT2D eigenvalue weighted by atomic mass is 9.90. The third-order valence-corrected chi connectivity index (χ3v) is 4.32. The van der Waals surface area contributed by atoms with Gasteiger partial charge in [0.15, 0.2) is 0 Å². The minimum atomic E-state index is -4.71. The van der Waals surface area contributed by atoms with Crippen LogP contribution in [-0.2, 0) is 4.79 Å².